The summed E-state index contributed by atoms with van der Waals surface area (Å²) in [5, 5.41) is 0. The highest BCUT2D eigenvalue weighted by Crippen LogP contribution is 2.22. The standard InChI is InChI=1S/C15H22N2O.ClH/c1-11-10-17(9-8-14(11)16)15(18)12(2)13-6-4-3-5-7-13;/h3-7,11-12,14H,8-10,16H2,1-2H3;1H. The first kappa shape index (κ1) is 16.0. The van der Waals surface area contributed by atoms with E-state index in [1.54, 1.807) is 0 Å². The minimum absolute atomic E-state index is 0. The highest BCUT2D eigenvalue weighted by atomic mass is 35.5. The van der Waals surface area contributed by atoms with Crippen molar-refractivity contribution in [1.29, 1.82) is 0 Å². The molecule has 106 valence electrons. The van der Waals surface area contributed by atoms with E-state index in [-0.39, 0.29) is 30.3 Å². The first-order valence-electron chi connectivity index (χ1n) is 6.69. The average molecular weight is 283 g/mol. The monoisotopic (exact) mass is 282 g/mol. The molecule has 0 aliphatic carbocycles. The number of hydrogen-bond acceptors (Lipinski definition) is 2. The van der Waals surface area contributed by atoms with Crippen LogP contribution in [0.5, 0.6) is 0 Å². The van der Waals surface area contributed by atoms with Crippen LogP contribution in [0.4, 0.5) is 0 Å². The molecule has 0 radical (unpaired) electrons. The molecule has 2 N–H and O–H groups in total. The summed E-state index contributed by atoms with van der Waals surface area (Å²) in [5.41, 5.74) is 7.08. The zero-order valence-corrected chi connectivity index (χ0v) is 12.4. The van der Waals surface area contributed by atoms with Gasteiger partial charge in [-0.2, -0.15) is 0 Å². The minimum Gasteiger partial charge on any atom is -0.342 e. The van der Waals surface area contributed by atoms with Crippen LogP contribution in [0.3, 0.4) is 0 Å². The number of carbonyl (C=O) groups is 1. The van der Waals surface area contributed by atoms with E-state index >= 15 is 0 Å². The molecule has 3 unspecified atom stereocenters. The summed E-state index contributed by atoms with van der Waals surface area (Å²) in [5.74, 6) is 0.554. The molecule has 1 aromatic carbocycles. The molecule has 0 bridgehead atoms. The van der Waals surface area contributed by atoms with Crippen LogP contribution in [0.25, 0.3) is 0 Å². The number of rotatable bonds is 2. The fraction of sp³-hybridized carbons (Fsp3) is 0.533. The highest BCUT2D eigenvalue weighted by Gasteiger charge is 2.29. The Morgan fingerprint density at radius 1 is 1.37 bits per heavy atom. The normalized spacial score (nSPS) is 24.5. The molecule has 0 aromatic heterocycles. The number of nitrogens with two attached hydrogens (primary N) is 1. The maximum atomic E-state index is 12.4. The summed E-state index contributed by atoms with van der Waals surface area (Å²) < 4.78 is 0. The Balaban J connectivity index is 0.00000180. The molecule has 0 spiro atoms. The lowest BCUT2D eigenvalue weighted by Gasteiger charge is -2.36. The average Bonchev–Trinajstić information content (AvgIpc) is 2.41. The fourth-order valence-corrected chi connectivity index (χ4v) is 2.52. The van der Waals surface area contributed by atoms with Crippen LogP contribution in [0.2, 0.25) is 0 Å². The van der Waals surface area contributed by atoms with Gasteiger partial charge in [0.25, 0.3) is 0 Å². The van der Waals surface area contributed by atoms with Crippen LogP contribution in [-0.2, 0) is 4.79 Å². The molecule has 1 amide bonds. The van der Waals surface area contributed by atoms with Gasteiger partial charge in [-0.05, 0) is 24.8 Å². The summed E-state index contributed by atoms with van der Waals surface area (Å²) in [7, 11) is 0. The zero-order chi connectivity index (χ0) is 13.1. The summed E-state index contributed by atoms with van der Waals surface area (Å²) in [6.45, 7) is 5.69. The number of amides is 1. The molecule has 1 heterocycles. The summed E-state index contributed by atoms with van der Waals surface area (Å²) in [6, 6.07) is 10.2. The van der Waals surface area contributed by atoms with Gasteiger partial charge in [0.1, 0.15) is 0 Å². The Kier molecular flexibility index (Phi) is 5.83. The van der Waals surface area contributed by atoms with Crippen molar-refractivity contribution in [3.63, 3.8) is 0 Å². The van der Waals surface area contributed by atoms with Gasteiger partial charge in [0.05, 0.1) is 5.92 Å². The Morgan fingerprint density at radius 2 is 2.00 bits per heavy atom. The molecular formula is C15H23ClN2O. The van der Waals surface area contributed by atoms with Gasteiger partial charge in [-0.1, -0.05) is 37.3 Å². The Morgan fingerprint density at radius 3 is 2.58 bits per heavy atom. The third-order valence-electron chi connectivity index (χ3n) is 3.95. The van der Waals surface area contributed by atoms with Crippen molar-refractivity contribution in [1.82, 2.24) is 4.90 Å². The number of likely N-dealkylation sites (tertiary alicyclic amines) is 1. The van der Waals surface area contributed by atoms with E-state index in [4.69, 9.17) is 5.73 Å². The third-order valence-corrected chi connectivity index (χ3v) is 3.95. The summed E-state index contributed by atoms with van der Waals surface area (Å²) in [4.78, 5) is 14.4. The minimum atomic E-state index is -0.0623. The first-order valence-corrected chi connectivity index (χ1v) is 6.69. The quantitative estimate of drug-likeness (QED) is 0.905. The van der Waals surface area contributed by atoms with Crippen LogP contribution in [0, 0.1) is 5.92 Å². The fourth-order valence-electron chi connectivity index (χ4n) is 2.52. The molecular weight excluding hydrogens is 260 g/mol. The van der Waals surface area contributed by atoms with Crippen LogP contribution in [0.15, 0.2) is 30.3 Å². The van der Waals surface area contributed by atoms with Gasteiger partial charge in [-0.3, -0.25) is 4.79 Å². The number of halogens is 1. The Labute approximate surface area is 121 Å². The Bertz CT molecular complexity index is 410. The predicted octanol–water partition coefficient (Wildman–Crippen LogP) is 2.41. The molecule has 1 aromatic rings. The lowest BCUT2D eigenvalue weighted by Crippen LogP contribution is -2.49. The van der Waals surface area contributed by atoms with Gasteiger partial charge in [-0.25, -0.2) is 0 Å². The van der Waals surface area contributed by atoms with Crippen molar-refractivity contribution in [3.05, 3.63) is 35.9 Å². The SMILES string of the molecule is CC(C(=O)N1CCC(N)C(C)C1)c1ccccc1.Cl. The van der Waals surface area contributed by atoms with E-state index in [2.05, 4.69) is 6.92 Å². The first-order chi connectivity index (χ1) is 8.59. The second-order valence-corrected chi connectivity index (χ2v) is 5.35. The second-order valence-electron chi connectivity index (χ2n) is 5.35. The van der Waals surface area contributed by atoms with Crippen molar-refractivity contribution in [2.45, 2.75) is 32.2 Å². The lowest BCUT2D eigenvalue weighted by molar-refractivity contribution is -0.134. The van der Waals surface area contributed by atoms with E-state index in [0.717, 1.165) is 25.1 Å². The number of hydrogen-bond donors (Lipinski definition) is 1. The molecule has 4 heteroatoms. The summed E-state index contributed by atoms with van der Waals surface area (Å²) >= 11 is 0. The van der Waals surface area contributed by atoms with Gasteiger partial charge in [0, 0.05) is 19.1 Å². The molecule has 19 heavy (non-hydrogen) atoms. The van der Waals surface area contributed by atoms with Crippen molar-refractivity contribution < 1.29 is 4.79 Å². The van der Waals surface area contributed by atoms with E-state index in [1.165, 1.54) is 0 Å². The van der Waals surface area contributed by atoms with Crippen LogP contribution in [-0.4, -0.2) is 29.9 Å². The van der Waals surface area contributed by atoms with E-state index in [9.17, 15) is 4.79 Å². The van der Waals surface area contributed by atoms with Crippen molar-refractivity contribution in [3.8, 4) is 0 Å². The molecule has 3 nitrogen and oxygen atoms in total. The molecule has 1 aliphatic rings. The molecule has 1 saturated heterocycles. The second kappa shape index (κ2) is 6.92. The lowest BCUT2D eigenvalue weighted by atomic mass is 9.92. The van der Waals surface area contributed by atoms with Gasteiger partial charge in [0.2, 0.25) is 5.91 Å². The van der Waals surface area contributed by atoms with E-state index in [1.807, 2.05) is 42.2 Å². The smallest absolute Gasteiger partial charge is 0.229 e. The molecule has 3 atom stereocenters. The van der Waals surface area contributed by atoms with Crippen LogP contribution in [0.1, 0.15) is 31.7 Å². The van der Waals surface area contributed by atoms with Crippen LogP contribution < -0.4 is 5.73 Å². The number of carbonyl (C=O) groups excluding carboxylic acids is 1. The van der Waals surface area contributed by atoms with E-state index in [0.29, 0.717) is 5.92 Å². The van der Waals surface area contributed by atoms with Crippen molar-refractivity contribution in [2.75, 3.05) is 13.1 Å². The van der Waals surface area contributed by atoms with Gasteiger partial charge in [0.15, 0.2) is 0 Å². The van der Waals surface area contributed by atoms with Gasteiger partial charge < -0.3 is 10.6 Å². The third kappa shape index (κ3) is 3.71. The largest absolute Gasteiger partial charge is 0.342 e. The van der Waals surface area contributed by atoms with Crippen LogP contribution >= 0.6 is 12.4 Å². The predicted molar refractivity (Wildman–Crippen MR) is 80.4 cm³/mol. The van der Waals surface area contributed by atoms with Crippen molar-refractivity contribution in [2.24, 2.45) is 11.7 Å². The van der Waals surface area contributed by atoms with Gasteiger partial charge in [-0.15, -0.1) is 12.4 Å². The number of piperidine rings is 1. The highest BCUT2D eigenvalue weighted by molar-refractivity contribution is 5.85. The van der Waals surface area contributed by atoms with Crippen molar-refractivity contribution >= 4 is 18.3 Å². The maximum absolute atomic E-state index is 12.4. The van der Waals surface area contributed by atoms with Gasteiger partial charge >= 0.3 is 0 Å². The number of benzene rings is 1. The van der Waals surface area contributed by atoms with E-state index < -0.39 is 0 Å². The summed E-state index contributed by atoms with van der Waals surface area (Å²) in [6.07, 6.45) is 0.911. The maximum Gasteiger partial charge on any atom is 0.229 e. The Hall–Kier alpha value is -1.06. The number of nitrogens with zero attached hydrogens (tertiary/aromatic N) is 1. The molecule has 2 rings (SSSR count). The topological polar surface area (TPSA) is 46.3 Å². The zero-order valence-electron chi connectivity index (χ0n) is 11.6. The molecule has 1 fully saturated rings. The molecule has 1 aliphatic heterocycles. The molecule has 0 saturated carbocycles.